The number of methoxy groups -OCH3 is 1. The molecule has 0 unspecified atom stereocenters. The number of hydrogen-bond donors (Lipinski definition) is 1. The number of barbiturate groups is 1. The van der Waals surface area contributed by atoms with E-state index in [9.17, 15) is 18.8 Å². The van der Waals surface area contributed by atoms with Crippen molar-refractivity contribution in [2.45, 2.75) is 13.5 Å². The second-order valence-corrected chi connectivity index (χ2v) is 9.61. The van der Waals surface area contributed by atoms with E-state index < -0.39 is 17.8 Å². The molecule has 0 radical (unpaired) electrons. The molecule has 7 nitrogen and oxygen atoms in total. The molecule has 0 aromatic heterocycles. The number of nitrogens with zero attached hydrogens (tertiary/aromatic N) is 1. The number of amides is 4. The van der Waals surface area contributed by atoms with Crippen LogP contribution in [0.25, 0.3) is 6.08 Å². The quantitative estimate of drug-likeness (QED) is 0.274. The number of ether oxygens (including phenoxy) is 2. The van der Waals surface area contributed by atoms with Gasteiger partial charge in [-0.2, -0.15) is 0 Å². The first kappa shape index (κ1) is 25.6. The normalized spacial score (nSPS) is 14.8. The van der Waals surface area contributed by atoms with Gasteiger partial charge in [0, 0.05) is 4.47 Å². The van der Waals surface area contributed by atoms with Gasteiger partial charge in [-0.05, 0) is 88.1 Å². The van der Waals surface area contributed by atoms with Crippen molar-refractivity contribution < 1.29 is 28.2 Å². The Morgan fingerprint density at radius 1 is 1.06 bits per heavy atom. The Bertz CT molecular complexity index is 1420. The molecule has 1 saturated heterocycles. The highest BCUT2D eigenvalue weighted by molar-refractivity contribution is 9.10. The van der Waals surface area contributed by atoms with Gasteiger partial charge in [0.15, 0.2) is 11.5 Å². The molecule has 0 atom stereocenters. The maximum Gasteiger partial charge on any atom is 0.335 e. The number of urea groups is 1. The minimum atomic E-state index is -0.826. The Morgan fingerprint density at radius 2 is 1.83 bits per heavy atom. The van der Waals surface area contributed by atoms with Gasteiger partial charge in [-0.3, -0.25) is 14.9 Å². The number of anilines is 1. The van der Waals surface area contributed by atoms with Crippen molar-refractivity contribution in [1.29, 1.82) is 0 Å². The molecule has 3 aromatic rings. The van der Waals surface area contributed by atoms with Crippen molar-refractivity contribution in [2.24, 2.45) is 0 Å². The molecule has 0 spiro atoms. The van der Waals surface area contributed by atoms with Gasteiger partial charge in [0.05, 0.1) is 17.3 Å². The zero-order chi connectivity index (χ0) is 26.0. The predicted molar refractivity (Wildman–Crippen MR) is 139 cm³/mol. The maximum atomic E-state index is 13.5. The lowest BCUT2D eigenvalue weighted by Crippen LogP contribution is -2.54. The molecule has 1 heterocycles. The Morgan fingerprint density at radius 3 is 2.53 bits per heavy atom. The topological polar surface area (TPSA) is 84.9 Å². The summed E-state index contributed by atoms with van der Waals surface area (Å²) in [5.74, 6) is -1.24. The van der Waals surface area contributed by atoms with Crippen LogP contribution in [0.15, 0.2) is 69.1 Å². The fourth-order valence-electron chi connectivity index (χ4n) is 3.66. The minimum Gasteiger partial charge on any atom is -0.493 e. The van der Waals surface area contributed by atoms with Gasteiger partial charge >= 0.3 is 6.03 Å². The molecule has 1 aliphatic heterocycles. The van der Waals surface area contributed by atoms with Crippen LogP contribution in [0, 0.1) is 12.7 Å². The van der Waals surface area contributed by atoms with Crippen molar-refractivity contribution in [3.05, 3.63) is 91.6 Å². The number of carbonyl (C=O) groups is 3. The lowest BCUT2D eigenvalue weighted by atomic mass is 10.1. The van der Waals surface area contributed by atoms with Crippen LogP contribution in [0.3, 0.4) is 0 Å². The molecule has 36 heavy (non-hydrogen) atoms. The van der Waals surface area contributed by atoms with Crippen molar-refractivity contribution in [3.63, 3.8) is 0 Å². The van der Waals surface area contributed by atoms with E-state index >= 15 is 0 Å². The number of nitrogens with one attached hydrogen (secondary N) is 1. The second kappa shape index (κ2) is 10.6. The Balaban J connectivity index is 1.66. The fraction of sp³-hybridized carbons (Fsp3) is 0.115. The molecule has 4 amide bonds. The molecular weight excluding hydrogens is 599 g/mol. The van der Waals surface area contributed by atoms with E-state index in [1.54, 1.807) is 49.4 Å². The third kappa shape index (κ3) is 5.34. The molecule has 0 aliphatic carbocycles. The van der Waals surface area contributed by atoms with E-state index in [4.69, 9.17) is 9.47 Å². The summed E-state index contributed by atoms with van der Waals surface area (Å²) in [5, 5.41) is 2.22. The lowest BCUT2D eigenvalue weighted by Gasteiger charge is -2.27. The molecule has 10 heteroatoms. The number of rotatable bonds is 6. The van der Waals surface area contributed by atoms with E-state index in [0.717, 1.165) is 9.37 Å². The molecule has 0 saturated carbocycles. The van der Waals surface area contributed by atoms with Crippen LogP contribution >= 0.6 is 31.9 Å². The van der Waals surface area contributed by atoms with Crippen LogP contribution in [0.1, 0.15) is 16.7 Å². The van der Waals surface area contributed by atoms with Crippen LogP contribution in [0.5, 0.6) is 11.5 Å². The van der Waals surface area contributed by atoms with Gasteiger partial charge < -0.3 is 9.47 Å². The van der Waals surface area contributed by atoms with E-state index in [2.05, 4.69) is 37.2 Å². The zero-order valence-electron chi connectivity index (χ0n) is 19.1. The zero-order valence-corrected chi connectivity index (χ0v) is 22.3. The SMILES string of the molecule is COc1cc(/C=C2/C(=O)NC(=O)N(c3ccc(Br)cc3C)C2=O)cc(Br)c1OCc1cccc(F)c1. The summed E-state index contributed by atoms with van der Waals surface area (Å²) in [6.45, 7) is 1.85. The molecule has 4 rings (SSSR count). The molecule has 1 fully saturated rings. The molecule has 1 aliphatic rings. The summed E-state index contributed by atoms with van der Waals surface area (Å²) in [6, 6.07) is 13.5. The van der Waals surface area contributed by atoms with Gasteiger partial charge in [-0.25, -0.2) is 14.1 Å². The predicted octanol–water partition coefficient (Wildman–Crippen LogP) is 5.91. The third-order valence-electron chi connectivity index (χ3n) is 5.34. The van der Waals surface area contributed by atoms with E-state index in [0.29, 0.717) is 38.3 Å². The van der Waals surface area contributed by atoms with Crippen LogP contribution < -0.4 is 19.7 Å². The summed E-state index contributed by atoms with van der Waals surface area (Å²) in [5.41, 5.74) is 1.90. The summed E-state index contributed by atoms with van der Waals surface area (Å²) in [7, 11) is 1.45. The van der Waals surface area contributed by atoms with Gasteiger partial charge in [0.2, 0.25) is 0 Å². The summed E-state index contributed by atoms with van der Waals surface area (Å²) in [4.78, 5) is 39.3. The van der Waals surface area contributed by atoms with Gasteiger partial charge in [0.25, 0.3) is 11.8 Å². The number of aryl methyl sites for hydroxylation is 1. The first-order valence-electron chi connectivity index (χ1n) is 10.6. The standard InChI is InChI=1S/C26H19Br2FN2O5/c1-14-8-17(27)6-7-21(14)31-25(33)19(24(32)30-26(31)34)10-16-11-20(28)23(22(12-16)35-2)36-13-15-4-3-5-18(29)9-15/h3-12H,13H2,1-2H3,(H,30,32,34)/b19-10-. The van der Waals surface area contributed by atoms with Crippen LogP contribution in [0.2, 0.25) is 0 Å². The Kier molecular flexibility index (Phi) is 7.56. The lowest BCUT2D eigenvalue weighted by molar-refractivity contribution is -0.122. The molecule has 3 aromatic carbocycles. The van der Waals surface area contributed by atoms with Crippen LogP contribution in [-0.2, 0) is 16.2 Å². The van der Waals surface area contributed by atoms with E-state index in [1.165, 1.54) is 25.3 Å². The highest BCUT2D eigenvalue weighted by Crippen LogP contribution is 2.38. The first-order chi connectivity index (χ1) is 17.2. The highest BCUT2D eigenvalue weighted by atomic mass is 79.9. The van der Waals surface area contributed by atoms with Crippen molar-refractivity contribution >= 4 is 61.5 Å². The number of hydrogen-bond acceptors (Lipinski definition) is 5. The molecular formula is C26H19Br2FN2O5. The average molecular weight is 618 g/mol. The van der Waals surface area contributed by atoms with Crippen LogP contribution in [0.4, 0.5) is 14.9 Å². The second-order valence-electron chi connectivity index (χ2n) is 7.84. The van der Waals surface area contributed by atoms with Gasteiger partial charge in [-0.1, -0.05) is 28.1 Å². The maximum absolute atomic E-state index is 13.5. The van der Waals surface area contributed by atoms with Crippen molar-refractivity contribution in [3.8, 4) is 11.5 Å². The number of carbonyl (C=O) groups excluding carboxylic acids is 3. The fourth-order valence-corrected chi connectivity index (χ4v) is 4.71. The number of benzene rings is 3. The van der Waals surface area contributed by atoms with Gasteiger partial charge in [0.1, 0.15) is 18.0 Å². The first-order valence-corrected chi connectivity index (χ1v) is 12.2. The van der Waals surface area contributed by atoms with E-state index in [1.807, 2.05) is 0 Å². The third-order valence-corrected chi connectivity index (χ3v) is 6.42. The summed E-state index contributed by atoms with van der Waals surface area (Å²) >= 11 is 6.79. The summed E-state index contributed by atoms with van der Waals surface area (Å²) < 4.78 is 26.0. The average Bonchev–Trinajstić information content (AvgIpc) is 2.82. The van der Waals surface area contributed by atoms with Crippen molar-refractivity contribution in [1.82, 2.24) is 5.32 Å². The van der Waals surface area contributed by atoms with Gasteiger partial charge in [-0.15, -0.1) is 0 Å². The smallest absolute Gasteiger partial charge is 0.335 e. The molecule has 0 bridgehead atoms. The monoisotopic (exact) mass is 616 g/mol. The minimum absolute atomic E-state index is 0.0949. The van der Waals surface area contributed by atoms with E-state index in [-0.39, 0.29) is 18.0 Å². The number of imide groups is 2. The highest BCUT2D eigenvalue weighted by Gasteiger charge is 2.37. The molecule has 1 N–H and O–H groups in total. The van der Waals surface area contributed by atoms with Crippen molar-refractivity contribution in [2.75, 3.05) is 12.0 Å². The number of halogens is 3. The largest absolute Gasteiger partial charge is 0.493 e. The Labute approximate surface area is 223 Å². The Hall–Kier alpha value is -3.50. The van der Waals surface area contributed by atoms with Crippen LogP contribution in [-0.4, -0.2) is 25.0 Å². The summed E-state index contributed by atoms with van der Waals surface area (Å²) in [6.07, 6.45) is 1.37. The molecule has 184 valence electrons.